The van der Waals surface area contributed by atoms with Gasteiger partial charge in [-0.25, -0.2) is 0 Å². The Kier molecular flexibility index (Phi) is 2.23. The van der Waals surface area contributed by atoms with E-state index in [1.54, 1.807) is 0 Å². The molecule has 5 nitrogen and oxygen atoms in total. The van der Waals surface area contributed by atoms with Gasteiger partial charge in [0.05, 0.1) is 5.54 Å². The molecule has 74 valence electrons. The highest BCUT2D eigenvalue weighted by molar-refractivity contribution is 7.86. The molecule has 6 heteroatoms. The maximum atomic E-state index is 10.8. The fourth-order valence-corrected chi connectivity index (χ4v) is 2.21. The van der Waals surface area contributed by atoms with Crippen molar-refractivity contribution in [1.82, 2.24) is 0 Å². The largest absolute Gasteiger partial charge is 0.510 e. The summed E-state index contributed by atoms with van der Waals surface area (Å²) in [7, 11) is -4.28. The van der Waals surface area contributed by atoms with Crippen LogP contribution in [0.5, 0.6) is 0 Å². The molecule has 0 saturated heterocycles. The van der Waals surface area contributed by atoms with Gasteiger partial charge >= 0.3 is 0 Å². The van der Waals surface area contributed by atoms with Crippen LogP contribution >= 0.6 is 0 Å². The van der Waals surface area contributed by atoms with Gasteiger partial charge in [-0.15, -0.1) is 0 Å². The summed E-state index contributed by atoms with van der Waals surface area (Å²) < 4.78 is 30.5. The van der Waals surface area contributed by atoms with E-state index < -0.39 is 20.9 Å². The molecule has 0 aromatic heterocycles. The van der Waals surface area contributed by atoms with Crippen LogP contribution in [-0.4, -0.2) is 28.9 Å². The Balaban J connectivity index is 3.18. The van der Waals surface area contributed by atoms with Gasteiger partial charge in [-0.05, 0) is 13.0 Å². The van der Waals surface area contributed by atoms with Crippen molar-refractivity contribution in [2.45, 2.75) is 17.7 Å². The smallest absolute Gasteiger partial charge is 0.273 e. The molecule has 4 N–H and O–H groups in total. The lowest BCUT2D eigenvalue weighted by Crippen LogP contribution is -2.53. The van der Waals surface area contributed by atoms with E-state index in [-0.39, 0.29) is 5.76 Å². The number of allylic oxidation sites excluding steroid dienone is 2. The normalized spacial score (nSPS) is 34.4. The van der Waals surface area contributed by atoms with E-state index >= 15 is 0 Å². The number of rotatable bonds is 1. The van der Waals surface area contributed by atoms with Gasteiger partial charge in [0.1, 0.15) is 11.0 Å². The summed E-state index contributed by atoms with van der Waals surface area (Å²) in [4.78, 5) is 0. The second kappa shape index (κ2) is 2.83. The van der Waals surface area contributed by atoms with Gasteiger partial charge in [-0.1, -0.05) is 12.2 Å². The number of aliphatic hydroxyl groups excluding tert-OH is 1. The number of hydrogen-bond donors (Lipinski definition) is 3. The molecule has 1 aliphatic carbocycles. The topological polar surface area (TPSA) is 101 Å². The first-order valence-electron chi connectivity index (χ1n) is 3.59. The molecule has 0 radical (unpaired) electrons. The number of nitrogens with two attached hydrogens (primary N) is 1. The maximum absolute atomic E-state index is 10.8. The Morgan fingerprint density at radius 2 is 2.15 bits per heavy atom. The Morgan fingerprint density at radius 1 is 1.62 bits per heavy atom. The predicted molar refractivity (Wildman–Crippen MR) is 47.8 cm³/mol. The quantitative estimate of drug-likeness (QED) is 0.522. The molecule has 0 saturated carbocycles. The first-order valence-corrected chi connectivity index (χ1v) is 5.09. The van der Waals surface area contributed by atoms with Crippen molar-refractivity contribution in [3.05, 3.63) is 24.0 Å². The molecule has 0 heterocycles. The van der Waals surface area contributed by atoms with Gasteiger partial charge in [-0.3, -0.25) is 4.55 Å². The van der Waals surface area contributed by atoms with Crippen molar-refractivity contribution in [3.8, 4) is 0 Å². The van der Waals surface area contributed by atoms with Crippen LogP contribution in [0, 0.1) is 0 Å². The van der Waals surface area contributed by atoms with Crippen molar-refractivity contribution in [1.29, 1.82) is 0 Å². The lowest BCUT2D eigenvalue weighted by atomic mass is 9.92. The molecule has 13 heavy (non-hydrogen) atoms. The second-order valence-corrected chi connectivity index (χ2v) is 4.69. The molecular weight excluding hydrogens is 194 g/mol. The highest BCUT2D eigenvalue weighted by atomic mass is 32.2. The number of hydrogen-bond acceptors (Lipinski definition) is 4. The van der Waals surface area contributed by atoms with Crippen molar-refractivity contribution < 1.29 is 18.1 Å². The molecular formula is C7H11NO4S. The summed E-state index contributed by atoms with van der Waals surface area (Å²) in [5, 5.41) is 7.98. The Bertz CT molecular complexity index is 366. The van der Waals surface area contributed by atoms with Gasteiger partial charge in [0.15, 0.2) is 0 Å². The van der Waals surface area contributed by atoms with Gasteiger partial charge in [0.25, 0.3) is 10.1 Å². The van der Waals surface area contributed by atoms with Crippen LogP contribution in [0.25, 0.3) is 0 Å². The van der Waals surface area contributed by atoms with E-state index in [0.717, 1.165) is 0 Å². The highest BCUT2D eigenvalue weighted by Crippen LogP contribution is 2.25. The van der Waals surface area contributed by atoms with E-state index in [0.29, 0.717) is 0 Å². The zero-order valence-corrected chi connectivity index (χ0v) is 7.82. The molecule has 0 bridgehead atoms. The first-order chi connectivity index (χ1) is 5.76. The van der Waals surface area contributed by atoms with E-state index in [1.165, 1.54) is 25.2 Å². The van der Waals surface area contributed by atoms with E-state index in [1.807, 2.05) is 0 Å². The summed E-state index contributed by atoms with van der Waals surface area (Å²) in [6.07, 6.45) is 3.86. The van der Waals surface area contributed by atoms with E-state index in [2.05, 4.69) is 0 Å². The summed E-state index contributed by atoms with van der Waals surface area (Å²) in [6, 6.07) is 0. The van der Waals surface area contributed by atoms with Crippen LogP contribution in [0.1, 0.15) is 6.92 Å². The minimum atomic E-state index is -4.28. The molecule has 0 spiro atoms. The third kappa shape index (κ3) is 1.74. The van der Waals surface area contributed by atoms with Crippen LogP contribution < -0.4 is 5.73 Å². The summed E-state index contributed by atoms with van der Waals surface area (Å²) in [6.45, 7) is 1.33. The predicted octanol–water partition coefficient (Wildman–Crippen LogP) is -0.0281. The third-order valence-corrected chi connectivity index (χ3v) is 3.29. The average molecular weight is 205 g/mol. The van der Waals surface area contributed by atoms with Gasteiger partial charge in [0.2, 0.25) is 0 Å². The van der Waals surface area contributed by atoms with E-state index in [4.69, 9.17) is 10.3 Å². The molecule has 0 aromatic rings. The highest BCUT2D eigenvalue weighted by Gasteiger charge is 2.42. The van der Waals surface area contributed by atoms with Crippen molar-refractivity contribution >= 4 is 10.1 Å². The van der Waals surface area contributed by atoms with Gasteiger partial charge in [0, 0.05) is 0 Å². The van der Waals surface area contributed by atoms with Crippen LogP contribution in [-0.2, 0) is 10.1 Å². The Morgan fingerprint density at radius 3 is 2.54 bits per heavy atom. The minimum absolute atomic E-state index is 0.266. The number of aliphatic hydroxyl groups is 1. The zero-order valence-electron chi connectivity index (χ0n) is 7.01. The van der Waals surface area contributed by atoms with Gasteiger partial charge in [-0.2, -0.15) is 8.42 Å². The summed E-state index contributed by atoms with van der Waals surface area (Å²) in [5.41, 5.74) is 4.07. The van der Waals surface area contributed by atoms with Crippen LogP contribution in [0.15, 0.2) is 24.0 Å². The van der Waals surface area contributed by atoms with Crippen molar-refractivity contribution in [3.63, 3.8) is 0 Å². The Labute approximate surface area is 76.3 Å². The van der Waals surface area contributed by atoms with Crippen LogP contribution in [0.3, 0.4) is 0 Å². The molecule has 1 rings (SSSR count). The molecule has 1 aliphatic rings. The van der Waals surface area contributed by atoms with Crippen molar-refractivity contribution in [2.24, 2.45) is 5.73 Å². The monoisotopic (exact) mass is 205 g/mol. The summed E-state index contributed by atoms with van der Waals surface area (Å²) in [5.74, 6) is -0.266. The lowest BCUT2D eigenvalue weighted by Gasteiger charge is -2.31. The van der Waals surface area contributed by atoms with Crippen molar-refractivity contribution in [2.75, 3.05) is 0 Å². The van der Waals surface area contributed by atoms with Gasteiger partial charge < -0.3 is 10.8 Å². The van der Waals surface area contributed by atoms with Crippen LogP contribution in [0.4, 0.5) is 0 Å². The molecule has 2 atom stereocenters. The van der Waals surface area contributed by atoms with Crippen LogP contribution in [0.2, 0.25) is 0 Å². The maximum Gasteiger partial charge on any atom is 0.273 e. The first kappa shape index (κ1) is 10.2. The SMILES string of the molecule is CC1(N)C(O)=CC=CC1S(=O)(=O)O. The fourth-order valence-electron chi connectivity index (χ4n) is 1.18. The molecule has 0 fully saturated rings. The zero-order chi connectivity index (χ0) is 10.3. The lowest BCUT2D eigenvalue weighted by molar-refractivity contribution is 0.301. The minimum Gasteiger partial charge on any atom is -0.510 e. The average Bonchev–Trinajstić information content (AvgIpc) is 1.92. The molecule has 2 unspecified atom stereocenters. The molecule has 0 amide bonds. The fraction of sp³-hybridized carbons (Fsp3) is 0.429. The van der Waals surface area contributed by atoms with E-state index in [9.17, 15) is 13.5 Å². The standard InChI is InChI=1S/C7H11NO4S/c1-7(8)5(9)3-2-4-6(7)13(10,11)12/h2-4,6,9H,8H2,1H3,(H,10,11,12). The summed E-state index contributed by atoms with van der Waals surface area (Å²) >= 11 is 0. The molecule has 0 aromatic carbocycles. The third-order valence-electron chi connectivity index (χ3n) is 2.00. The second-order valence-electron chi connectivity index (χ2n) is 3.16. The Hall–Kier alpha value is -0.850. The molecule has 0 aliphatic heterocycles.